The SMILES string of the molecule is O=C(Nc1ccccc1OC(F)F)[C@@H]1CCCCN1. The van der Waals surface area contributed by atoms with Crippen LogP contribution in [0, 0.1) is 0 Å². The smallest absolute Gasteiger partial charge is 0.387 e. The predicted octanol–water partition coefficient (Wildman–Crippen LogP) is 2.37. The minimum atomic E-state index is -2.91. The summed E-state index contributed by atoms with van der Waals surface area (Å²) >= 11 is 0. The van der Waals surface area contributed by atoms with E-state index < -0.39 is 6.61 Å². The summed E-state index contributed by atoms with van der Waals surface area (Å²) in [6.07, 6.45) is 2.79. The van der Waals surface area contributed by atoms with Crippen LogP contribution in [0.15, 0.2) is 24.3 Å². The summed E-state index contributed by atoms with van der Waals surface area (Å²) in [5.74, 6) is -0.244. The van der Waals surface area contributed by atoms with Crippen LogP contribution in [-0.4, -0.2) is 25.1 Å². The number of hydrogen-bond acceptors (Lipinski definition) is 3. The molecule has 2 rings (SSSR count). The molecule has 1 heterocycles. The monoisotopic (exact) mass is 270 g/mol. The molecular weight excluding hydrogens is 254 g/mol. The van der Waals surface area contributed by atoms with Crippen molar-refractivity contribution in [3.05, 3.63) is 24.3 Å². The van der Waals surface area contributed by atoms with Gasteiger partial charge in [-0.15, -0.1) is 0 Å². The van der Waals surface area contributed by atoms with Crippen LogP contribution in [0.25, 0.3) is 0 Å². The zero-order valence-electron chi connectivity index (χ0n) is 10.4. The normalized spacial score (nSPS) is 19.2. The number of piperidine rings is 1. The van der Waals surface area contributed by atoms with Crippen LogP contribution in [0.5, 0.6) is 5.75 Å². The molecule has 1 aromatic carbocycles. The number of ether oxygens (including phenoxy) is 1. The van der Waals surface area contributed by atoms with Crippen molar-refractivity contribution < 1.29 is 18.3 Å². The van der Waals surface area contributed by atoms with Gasteiger partial charge in [-0.1, -0.05) is 18.6 Å². The number of anilines is 1. The molecule has 1 atom stereocenters. The van der Waals surface area contributed by atoms with E-state index in [1.165, 1.54) is 6.07 Å². The van der Waals surface area contributed by atoms with Crippen LogP contribution in [0.4, 0.5) is 14.5 Å². The third-order valence-electron chi connectivity index (χ3n) is 2.99. The van der Waals surface area contributed by atoms with Gasteiger partial charge < -0.3 is 15.4 Å². The molecule has 1 aromatic rings. The molecule has 0 saturated carbocycles. The zero-order chi connectivity index (χ0) is 13.7. The van der Waals surface area contributed by atoms with Crippen LogP contribution in [0.3, 0.4) is 0 Å². The first-order valence-electron chi connectivity index (χ1n) is 6.25. The Morgan fingerprint density at radius 3 is 2.84 bits per heavy atom. The van der Waals surface area contributed by atoms with Crippen LogP contribution in [-0.2, 0) is 4.79 Å². The number of rotatable bonds is 4. The van der Waals surface area contributed by atoms with E-state index in [0.717, 1.165) is 25.8 Å². The van der Waals surface area contributed by atoms with Gasteiger partial charge in [0.05, 0.1) is 11.7 Å². The third kappa shape index (κ3) is 3.89. The molecule has 6 heteroatoms. The van der Waals surface area contributed by atoms with E-state index in [-0.39, 0.29) is 23.4 Å². The number of halogens is 2. The topological polar surface area (TPSA) is 50.4 Å². The molecule has 2 N–H and O–H groups in total. The molecule has 1 aliphatic rings. The van der Waals surface area contributed by atoms with Gasteiger partial charge in [0.15, 0.2) is 0 Å². The van der Waals surface area contributed by atoms with Crippen molar-refractivity contribution >= 4 is 11.6 Å². The van der Waals surface area contributed by atoms with Gasteiger partial charge in [0.25, 0.3) is 0 Å². The van der Waals surface area contributed by atoms with E-state index >= 15 is 0 Å². The van der Waals surface area contributed by atoms with E-state index in [2.05, 4.69) is 15.4 Å². The Morgan fingerprint density at radius 1 is 1.37 bits per heavy atom. The summed E-state index contributed by atoms with van der Waals surface area (Å²) in [6.45, 7) is -2.11. The summed E-state index contributed by atoms with van der Waals surface area (Å²) in [4.78, 5) is 12.0. The average Bonchev–Trinajstić information content (AvgIpc) is 2.41. The predicted molar refractivity (Wildman–Crippen MR) is 67.3 cm³/mol. The lowest BCUT2D eigenvalue weighted by Gasteiger charge is -2.23. The highest BCUT2D eigenvalue weighted by Crippen LogP contribution is 2.25. The Hall–Kier alpha value is -1.69. The van der Waals surface area contributed by atoms with Gasteiger partial charge in [-0.2, -0.15) is 8.78 Å². The average molecular weight is 270 g/mol. The molecular formula is C13H16F2N2O2. The summed E-state index contributed by atoms with van der Waals surface area (Å²) in [6, 6.07) is 5.90. The van der Waals surface area contributed by atoms with E-state index in [1.807, 2.05) is 0 Å². The van der Waals surface area contributed by atoms with E-state index in [4.69, 9.17) is 0 Å². The summed E-state index contributed by atoms with van der Waals surface area (Å²) in [7, 11) is 0. The molecule has 1 fully saturated rings. The minimum Gasteiger partial charge on any atom is -0.433 e. The summed E-state index contributed by atoms with van der Waals surface area (Å²) < 4.78 is 28.9. The second-order valence-electron chi connectivity index (χ2n) is 4.37. The van der Waals surface area contributed by atoms with Crippen molar-refractivity contribution in [2.75, 3.05) is 11.9 Å². The second kappa shape index (κ2) is 6.47. The fourth-order valence-electron chi connectivity index (χ4n) is 2.06. The van der Waals surface area contributed by atoms with Crippen molar-refractivity contribution in [2.24, 2.45) is 0 Å². The fraction of sp³-hybridized carbons (Fsp3) is 0.462. The Kier molecular flexibility index (Phi) is 4.68. The maximum Gasteiger partial charge on any atom is 0.387 e. The van der Waals surface area contributed by atoms with E-state index in [1.54, 1.807) is 18.2 Å². The van der Waals surface area contributed by atoms with Crippen molar-refractivity contribution in [3.8, 4) is 5.75 Å². The molecule has 0 unspecified atom stereocenters. The van der Waals surface area contributed by atoms with Crippen LogP contribution < -0.4 is 15.4 Å². The maximum absolute atomic E-state index is 12.2. The zero-order valence-corrected chi connectivity index (χ0v) is 10.4. The lowest BCUT2D eigenvalue weighted by atomic mass is 10.0. The largest absolute Gasteiger partial charge is 0.433 e. The van der Waals surface area contributed by atoms with Gasteiger partial charge in [0.1, 0.15) is 5.75 Å². The maximum atomic E-state index is 12.2. The molecule has 4 nitrogen and oxygen atoms in total. The van der Waals surface area contributed by atoms with Crippen molar-refractivity contribution in [1.82, 2.24) is 5.32 Å². The van der Waals surface area contributed by atoms with Gasteiger partial charge in [-0.3, -0.25) is 4.79 Å². The Balaban J connectivity index is 2.03. The van der Waals surface area contributed by atoms with Crippen molar-refractivity contribution in [3.63, 3.8) is 0 Å². The first-order valence-corrected chi connectivity index (χ1v) is 6.25. The van der Waals surface area contributed by atoms with E-state index in [9.17, 15) is 13.6 Å². The molecule has 0 aliphatic carbocycles. The summed E-state index contributed by atoms with van der Waals surface area (Å²) in [5, 5.41) is 5.72. The van der Waals surface area contributed by atoms with Crippen molar-refractivity contribution in [1.29, 1.82) is 0 Å². The van der Waals surface area contributed by atoms with E-state index in [0.29, 0.717) is 0 Å². The quantitative estimate of drug-likeness (QED) is 0.883. The highest BCUT2D eigenvalue weighted by molar-refractivity contribution is 5.96. The summed E-state index contributed by atoms with van der Waals surface area (Å²) in [5.41, 5.74) is 0.264. The van der Waals surface area contributed by atoms with Gasteiger partial charge in [-0.25, -0.2) is 0 Å². The molecule has 19 heavy (non-hydrogen) atoms. The molecule has 1 aliphatic heterocycles. The van der Waals surface area contributed by atoms with Crippen molar-refractivity contribution in [2.45, 2.75) is 31.9 Å². The number of nitrogens with one attached hydrogen (secondary N) is 2. The number of carbonyl (C=O) groups excluding carboxylic acids is 1. The molecule has 0 bridgehead atoms. The molecule has 0 aromatic heterocycles. The van der Waals surface area contributed by atoms with Gasteiger partial charge in [0.2, 0.25) is 5.91 Å². The van der Waals surface area contributed by atoms with Crippen LogP contribution in [0.1, 0.15) is 19.3 Å². The Morgan fingerprint density at radius 2 is 2.16 bits per heavy atom. The Labute approximate surface area is 110 Å². The van der Waals surface area contributed by atoms with Gasteiger partial charge in [0, 0.05) is 0 Å². The molecule has 0 spiro atoms. The third-order valence-corrected chi connectivity index (χ3v) is 2.99. The molecule has 0 radical (unpaired) electrons. The standard InChI is InChI=1S/C13H16F2N2O2/c14-13(15)19-11-7-2-1-5-9(11)17-12(18)10-6-3-4-8-16-10/h1-2,5,7,10,13,16H,3-4,6,8H2,(H,17,18)/t10-/m0/s1. The number of carbonyl (C=O) groups is 1. The number of hydrogen-bond donors (Lipinski definition) is 2. The Bertz CT molecular complexity index is 434. The first kappa shape index (κ1) is 13.7. The molecule has 1 saturated heterocycles. The number of amides is 1. The lowest BCUT2D eigenvalue weighted by molar-refractivity contribution is -0.118. The number of benzene rings is 1. The van der Waals surface area contributed by atoms with Crippen LogP contribution >= 0.6 is 0 Å². The van der Waals surface area contributed by atoms with Gasteiger partial charge >= 0.3 is 6.61 Å². The molecule has 1 amide bonds. The number of alkyl halides is 2. The van der Waals surface area contributed by atoms with Gasteiger partial charge in [-0.05, 0) is 31.5 Å². The van der Waals surface area contributed by atoms with Crippen LogP contribution in [0.2, 0.25) is 0 Å². The molecule has 104 valence electrons. The first-order chi connectivity index (χ1) is 9.16. The highest BCUT2D eigenvalue weighted by Gasteiger charge is 2.21. The minimum absolute atomic E-state index is 0.0262. The number of para-hydroxylation sites is 2. The fourth-order valence-corrected chi connectivity index (χ4v) is 2.06. The second-order valence-corrected chi connectivity index (χ2v) is 4.37. The highest BCUT2D eigenvalue weighted by atomic mass is 19.3. The lowest BCUT2D eigenvalue weighted by Crippen LogP contribution is -2.43.